The van der Waals surface area contributed by atoms with Crippen LogP contribution in [0.4, 0.5) is 0 Å². The Hall–Kier alpha value is -3.50. The summed E-state index contributed by atoms with van der Waals surface area (Å²) in [6.07, 6.45) is 0.858. The van der Waals surface area contributed by atoms with Crippen LogP contribution in [0.5, 0.6) is 0 Å². The molecule has 1 nitrogen and oxygen atoms in total. The van der Waals surface area contributed by atoms with Crippen LogP contribution in [0.15, 0.2) is 140 Å². The summed E-state index contributed by atoms with van der Waals surface area (Å²) < 4.78 is 0. The molecule has 5 aromatic rings. The summed E-state index contributed by atoms with van der Waals surface area (Å²) in [5.74, 6) is 0. The molecule has 0 aliphatic rings. The predicted octanol–water partition coefficient (Wildman–Crippen LogP) is 7.56. The van der Waals surface area contributed by atoms with Gasteiger partial charge in [-0.15, -0.1) is 0 Å². The molecule has 0 aliphatic heterocycles. The number of halogens is 1. The van der Waals surface area contributed by atoms with Crippen LogP contribution in [0.1, 0.15) is 11.1 Å². The molecule has 0 saturated carbocycles. The van der Waals surface area contributed by atoms with Gasteiger partial charge in [0.2, 0.25) is 0 Å². The van der Waals surface area contributed by atoms with Gasteiger partial charge in [0.25, 0.3) is 0 Å². The van der Waals surface area contributed by atoms with Crippen LogP contribution in [0.3, 0.4) is 0 Å². The summed E-state index contributed by atoms with van der Waals surface area (Å²) in [6, 6.07) is 51.4. The van der Waals surface area contributed by atoms with Crippen molar-refractivity contribution in [2.75, 3.05) is 0 Å². The number of rotatable bonds is 6. The molecule has 3 heteroatoms. The molecule has 0 amide bonds. The second-order valence-corrected chi connectivity index (χ2v) is 17.7. The van der Waals surface area contributed by atoms with E-state index in [1.165, 1.54) is 21.5 Å². The molecule has 0 N–H and O–H groups in total. The van der Waals surface area contributed by atoms with Gasteiger partial charge in [0.15, 0.2) is 0 Å². The SMILES string of the molecule is N#Cc1ccc(-c2ccc(CP(Br)(c3ccccc3)(c3ccccc3)c3ccccc3)cc2)cc1. The van der Waals surface area contributed by atoms with Gasteiger partial charge < -0.3 is 0 Å². The first-order valence-electron chi connectivity index (χ1n) is 11.6. The van der Waals surface area contributed by atoms with Gasteiger partial charge in [-0.2, -0.15) is 0 Å². The van der Waals surface area contributed by atoms with Crippen molar-refractivity contribution >= 4 is 36.7 Å². The molecule has 0 fully saturated rings. The third-order valence-electron chi connectivity index (χ3n) is 6.66. The van der Waals surface area contributed by atoms with E-state index in [1.807, 2.05) is 24.3 Å². The van der Waals surface area contributed by atoms with Crippen LogP contribution in [-0.4, -0.2) is 0 Å². The van der Waals surface area contributed by atoms with Gasteiger partial charge >= 0.3 is 216 Å². The maximum atomic E-state index is 9.10. The molecular formula is C32H25BrNP. The van der Waals surface area contributed by atoms with E-state index in [0.29, 0.717) is 5.56 Å². The molecule has 35 heavy (non-hydrogen) atoms. The Balaban J connectivity index is 1.66. The minimum atomic E-state index is -3.02. The molecular weight excluding hydrogens is 509 g/mol. The molecule has 0 saturated heterocycles. The second-order valence-electron chi connectivity index (χ2n) is 8.73. The molecule has 0 atom stereocenters. The van der Waals surface area contributed by atoms with Gasteiger partial charge in [0.1, 0.15) is 0 Å². The molecule has 0 bridgehead atoms. The van der Waals surface area contributed by atoms with Gasteiger partial charge in [0, 0.05) is 0 Å². The van der Waals surface area contributed by atoms with Gasteiger partial charge in [-0.25, -0.2) is 0 Å². The molecule has 5 rings (SSSR count). The van der Waals surface area contributed by atoms with E-state index in [2.05, 4.69) is 137 Å². The topological polar surface area (TPSA) is 23.8 Å². The average molecular weight is 534 g/mol. The normalized spacial score (nSPS) is 12.3. The summed E-state index contributed by atoms with van der Waals surface area (Å²) >= 11 is 4.53. The van der Waals surface area contributed by atoms with E-state index in [1.54, 1.807) is 0 Å². The van der Waals surface area contributed by atoms with Crippen molar-refractivity contribution in [3.05, 3.63) is 151 Å². The first kappa shape index (κ1) is 23.3. The number of nitriles is 1. The molecule has 0 aliphatic carbocycles. The zero-order valence-corrected chi connectivity index (χ0v) is 21.7. The Morgan fingerprint density at radius 3 is 1.26 bits per heavy atom. The number of benzene rings is 5. The Labute approximate surface area is 215 Å². The molecule has 0 unspecified atom stereocenters. The molecule has 5 aromatic carbocycles. The third kappa shape index (κ3) is 4.23. The van der Waals surface area contributed by atoms with E-state index in [0.717, 1.165) is 17.3 Å². The van der Waals surface area contributed by atoms with E-state index < -0.39 is 5.31 Å². The van der Waals surface area contributed by atoms with Gasteiger partial charge in [-0.3, -0.25) is 0 Å². The van der Waals surface area contributed by atoms with E-state index >= 15 is 0 Å². The van der Waals surface area contributed by atoms with Crippen molar-refractivity contribution in [1.29, 1.82) is 5.26 Å². The summed E-state index contributed by atoms with van der Waals surface area (Å²) in [6.45, 7) is 0. The van der Waals surface area contributed by atoms with Crippen molar-refractivity contribution in [2.24, 2.45) is 0 Å². The summed E-state index contributed by atoms with van der Waals surface area (Å²) in [5, 5.41) is 10.0. The van der Waals surface area contributed by atoms with Crippen LogP contribution in [0.2, 0.25) is 0 Å². The van der Waals surface area contributed by atoms with Crippen LogP contribution in [0.25, 0.3) is 11.1 Å². The predicted molar refractivity (Wildman–Crippen MR) is 154 cm³/mol. The molecule has 170 valence electrons. The summed E-state index contributed by atoms with van der Waals surface area (Å²) in [4.78, 5) is 0. The average Bonchev–Trinajstić information content (AvgIpc) is 2.95. The van der Waals surface area contributed by atoms with Crippen molar-refractivity contribution < 1.29 is 0 Å². The Morgan fingerprint density at radius 1 is 0.514 bits per heavy atom. The maximum absolute atomic E-state index is 9.10. The third-order valence-corrected chi connectivity index (χ3v) is 16.2. The van der Waals surface area contributed by atoms with Gasteiger partial charge in [0.05, 0.1) is 0 Å². The van der Waals surface area contributed by atoms with Crippen LogP contribution in [-0.2, 0) is 6.16 Å². The van der Waals surface area contributed by atoms with Crippen LogP contribution in [0, 0.1) is 11.3 Å². The fourth-order valence-electron chi connectivity index (χ4n) is 4.82. The van der Waals surface area contributed by atoms with Crippen molar-refractivity contribution in [1.82, 2.24) is 0 Å². The molecule has 0 heterocycles. The fraction of sp³-hybridized carbons (Fsp3) is 0.0312. The number of hydrogen-bond donors (Lipinski definition) is 0. The molecule has 0 radical (unpaired) electrons. The number of nitrogens with zero attached hydrogens (tertiary/aromatic N) is 1. The van der Waals surface area contributed by atoms with Crippen molar-refractivity contribution in [3.8, 4) is 17.2 Å². The van der Waals surface area contributed by atoms with Crippen molar-refractivity contribution in [3.63, 3.8) is 0 Å². The quantitative estimate of drug-likeness (QED) is 0.206. The van der Waals surface area contributed by atoms with E-state index in [4.69, 9.17) is 5.26 Å². The summed E-state index contributed by atoms with van der Waals surface area (Å²) in [5.41, 5.74) is 4.21. The first-order valence-corrected chi connectivity index (χ1v) is 16.0. The van der Waals surface area contributed by atoms with Gasteiger partial charge in [-0.1, -0.05) is 0 Å². The van der Waals surface area contributed by atoms with E-state index in [-0.39, 0.29) is 0 Å². The first-order chi connectivity index (χ1) is 17.1. The van der Waals surface area contributed by atoms with Crippen LogP contribution < -0.4 is 15.9 Å². The summed E-state index contributed by atoms with van der Waals surface area (Å²) in [7, 11) is 0. The second kappa shape index (κ2) is 9.63. The Kier molecular flexibility index (Phi) is 6.40. The number of hydrogen-bond acceptors (Lipinski definition) is 1. The monoisotopic (exact) mass is 533 g/mol. The van der Waals surface area contributed by atoms with E-state index in [9.17, 15) is 0 Å². The van der Waals surface area contributed by atoms with Gasteiger partial charge in [-0.05, 0) is 0 Å². The van der Waals surface area contributed by atoms with Crippen molar-refractivity contribution in [2.45, 2.75) is 6.16 Å². The Morgan fingerprint density at radius 2 is 0.886 bits per heavy atom. The molecule has 0 aromatic heterocycles. The zero-order valence-electron chi connectivity index (χ0n) is 19.3. The van der Waals surface area contributed by atoms with Crippen LogP contribution >= 0.6 is 20.8 Å². The fourth-order valence-corrected chi connectivity index (χ4v) is 12.5. The molecule has 0 spiro atoms. The Bertz CT molecular complexity index is 1360. The zero-order chi connectivity index (χ0) is 24.2. The minimum absolute atomic E-state index is 0.676. The standard InChI is InChI=1S/C32H25BrNP/c33-35(30-10-4-1-5-11-30,31-12-6-2-7-13-31,32-14-8-3-9-15-32)25-27-18-22-29(23-19-27)28-20-16-26(24-34)17-21-28/h1-23H,25H2.